The van der Waals surface area contributed by atoms with Gasteiger partial charge < -0.3 is 14.8 Å². The van der Waals surface area contributed by atoms with E-state index in [1.54, 1.807) is 22.9 Å². The maximum absolute atomic E-state index is 12.2. The van der Waals surface area contributed by atoms with Gasteiger partial charge in [-0.1, -0.05) is 6.07 Å². The molecule has 134 valence electrons. The fraction of sp³-hybridized carbons (Fsp3) is 0.105. The summed E-state index contributed by atoms with van der Waals surface area (Å²) in [5.41, 5.74) is 4.74. The molecule has 0 spiro atoms. The summed E-state index contributed by atoms with van der Waals surface area (Å²) in [5.74, 6) is 1.52. The van der Waals surface area contributed by atoms with Crippen LogP contribution < -0.4 is 20.1 Å². The molecular formula is C19H14N4O3S. The Labute approximate surface area is 158 Å². The average Bonchev–Trinajstić information content (AvgIpc) is 3.28. The highest BCUT2D eigenvalue weighted by molar-refractivity contribution is 7.16. The van der Waals surface area contributed by atoms with Crippen LogP contribution in [0, 0.1) is 0 Å². The zero-order valence-corrected chi connectivity index (χ0v) is 14.9. The molecule has 0 fully saturated rings. The second kappa shape index (κ2) is 6.40. The molecule has 0 radical (unpaired) electrons. The molecule has 0 unspecified atom stereocenters. The van der Waals surface area contributed by atoms with Gasteiger partial charge in [-0.2, -0.15) is 0 Å². The van der Waals surface area contributed by atoms with Crippen molar-refractivity contribution < 1.29 is 14.3 Å². The van der Waals surface area contributed by atoms with E-state index in [0.29, 0.717) is 36.4 Å². The number of aromatic nitrogens is 1. The standard InChI is InChI=1S/C19H14N4O3S/c24-18-14(7-11-1-4-15-16(8-11)26-6-5-25-15)22-19(23-18)21-12-2-3-13-17(9-12)27-10-20-13/h1-4,7-10H,5-6H2,(H2,21,22,23,24)/b14-7-. The number of amides is 1. The number of hydrogen-bond acceptors (Lipinski definition) is 7. The molecule has 3 aromatic rings. The van der Waals surface area contributed by atoms with Crippen LogP contribution in [-0.2, 0) is 4.79 Å². The van der Waals surface area contributed by atoms with Crippen molar-refractivity contribution in [1.82, 2.24) is 10.3 Å². The van der Waals surface area contributed by atoms with Crippen LogP contribution in [-0.4, -0.2) is 30.1 Å². The molecule has 7 nitrogen and oxygen atoms in total. The summed E-state index contributed by atoms with van der Waals surface area (Å²) in [6.45, 7) is 1.06. The lowest BCUT2D eigenvalue weighted by atomic mass is 10.1. The van der Waals surface area contributed by atoms with Crippen molar-refractivity contribution in [2.45, 2.75) is 0 Å². The number of rotatable bonds is 2. The molecule has 2 N–H and O–H groups in total. The van der Waals surface area contributed by atoms with Gasteiger partial charge in [-0.15, -0.1) is 11.3 Å². The highest BCUT2D eigenvalue weighted by Crippen LogP contribution is 2.31. The fourth-order valence-corrected chi connectivity index (χ4v) is 3.62. The minimum Gasteiger partial charge on any atom is -0.486 e. The summed E-state index contributed by atoms with van der Waals surface area (Å²) in [4.78, 5) is 20.9. The van der Waals surface area contributed by atoms with Crippen LogP contribution in [0.15, 0.2) is 52.6 Å². The normalized spacial score (nSPS) is 17.1. The molecule has 0 bridgehead atoms. The van der Waals surface area contributed by atoms with Crippen LogP contribution in [0.3, 0.4) is 0 Å². The van der Waals surface area contributed by atoms with Crippen LogP contribution in [0.4, 0.5) is 5.69 Å². The number of carbonyl (C=O) groups excluding carboxylic acids is 1. The summed E-state index contributed by atoms with van der Waals surface area (Å²) < 4.78 is 12.2. The lowest BCUT2D eigenvalue weighted by molar-refractivity contribution is -0.115. The van der Waals surface area contributed by atoms with Crippen molar-refractivity contribution >= 4 is 45.2 Å². The molecule has 0 saturated carbocycles. The summed E-state index contributed by atoms with van der Waals surface area (Å²) in [7, 11) is 0. The van der Waals surface area contributed by atoms with Gasteiger partial charge >= 0.3 is 0 Å². The zero-order chi connectivity index (χ0) is 18.2. The maximum atomic E-state index is 12.2. The Bertz CT molecular complexity index is 1120. The Morgan fingerprint density at radius 1 is 1.11 bits per heavy atom. The first kappa shape index (κ1) is 15.8. The Morgan fingerprint density at radius 2 is 2.00 bits per heavy atom. The Balaban J connectivity index is 1.39. The van der Waals surface area contributed by atoms with Crippen LogP contribution >= 0.6 is 11.3 Å². The number of aliphatic imine (C=N–C) groups is 1. The predicted molar refractivity (Wildman–Crippen MR) is 104 cm³/mol. The molecule has 8 heteroatoms. The Hall–Kier alpha value is -3.39. The lowest BCUT2D eigenvalue weighted by Gasteiger charge is -2.18. The van der Waals surface area contributed by atoms with E-state index in [1.807, 2.05) is 36.4 Å². The van der Waals surface area contributed by atoms with Crippen molar-refractivity contribution in [2.75, 3.05) is 18.5 Å². The Kier molecular flexibility index (Phi) is 3.75. The molecule has 0 saturated heterocycles. The number of hydrogen-bond donors (Lipinski definition) is 2. The minimum atomic E-state index is -0.258. The number of thiazole rings is 1. The molecule has 0 atom stereocenters. The van der Waals surface area contributed by atoms with Crippen LogP contribution in [0.5, 0.6) is 11.5 Å². The van der Waals surface area contributed by atoms with Gasteiger partial charge in [0, 0.05) is 5.69 Å². The summed E-state index contributed by atoms with van der Waals surface area (Å²) >= 11 is 1.56. The van der Waals surface area contributed by atoms with Crippen molar-refractivity contribution in [3.8, 4) is 11.5 Å². The second-order valence-electron chi connectivity index (χ2n) is 6.01. The molecule has 27 heavy (non-hydrogen) atoms. The monoisotopic (exact) mass is 378 g/mol. The van der Waals surface area contributed by atoms with E-state index in [4.69, 9.17) is 9.47 Å². The zero-order valence-electron chi connectivity index (χ0n) is 14.1. The third-order valence-corrected chi connectivity index (χ3v) is 4.95. The maximum Gasteiger partial charge on any atom is 0.276 e. The highest BCUT2D eigenvalue weighted by Gasteiger charge is 2.21. The van der Waals surface area contributed by atoms with Crippen LogP contribution in [0.1, 0.15) is 5.56 Å². The molecule has 5 rings (SSSR count). The highest BCUT2D eigenvalue weighted by atomic mass is 32.1. The molecule has 2 aliphatic rings. The molecular weight excluding hydrogens is 364 g/mol. The number of nitrogens with one attached hydrogen (secondary N) is 2. The second-order valence-corrected chi connectivity index (χ2v) is 6.89. The lowest BCUT2D eigenvalue weighted by Crippen LogP contribution is -2.29. The number of benzene rings is 2. The van der Waals surface area contributed by atoms with E-state index in [1.165, 1.54) is 0 Å². The van der Waals surface area contributed by atoms with Gasteiger partial charge in [-0.3, -0.25) is 10.1 Å². The number of nitrogens with zero attached hydrogens (tertiary/aromatic N) is 2. The quantitative estimate of drug-likeness (QED) is 0.670. The Morgan fingerprint density at radius 3 is 2.93 bits per heavy atom. The molecule has 2 aromatic carbocycles. The molecule has 2 aliphatic heterocycles. The van der Waals surface area contributed by atoms with Gasteiger partial charge in [0.25, 0.3) is 5.91 Å². The van der Waals surface area contributed by atoms with Crippen molar-refractivity contribution in [3.05, 3.63) is 53.2 Å². The van der Waals surface area contributed by atoms with E-state index < -0.39 is 0 Å². The molecule has 3 heterocycles. The van der Waals surface area contributed by atoms with E-state index in [0.717, 1.165) is 21.5 Å². The van der Waals surface area contributed by atoms with Crippen molar-refractivity contribution in [2.24, 2.45) is 4.99 Å². The van der Waals surface area contributed by atoms with E-state index >= 15 is 0 Å². The summed E-state index contributed by atoms with van der Waals surface area (Å²) in [6.07, 6.45) is 1.72. The number of anilines is 1. The molecule has 1 aromatic heterocycles. The smallest absolute Gasteiger partial charge is 0.276 e. The molecule has 0 aliphatic carbocycles. The van der Waals surface area contributed by atoms with E-state index in [-0.39, 0.29) is 5.91 Å². The first-order valence-electron chi connectivity index (χ1n) is 8.36. The summed E-state index contributed by atoms with van der Waals surface area (Å²) in [5, 5.41) is 5.87. The largest absolute Gasteiger partial charge is 0.486 e. The van der Waals surface area contributed by atoms with E-state index in [9.17, 15) is 4.79 Å². The van der Waals surface area contributed by atoms with Gasteiger partial charge in [0.15, 0.2) is 11.5 Å². The third kappa shape index (κ3) is 3.11. The van der Waals surface area contributed by atoms with Gasteiger partial charge in [-0.25, -0.2) is 9.98 Å². The van der Waals surface area contributed by atoms with Gasteiger partial charge in [0.2, 0.25) is 5.96 Å². The number of guanidine groups is 1. The summed E-state index contributed by atoms with van der Waals surface area (Å²) in [6, 6.07) is 11.3. The first-order valence-corrected chi connectivity index (χ1v) is 9.24. The fourth-order valence-electron chi connectivity index (χ4n) is 2.90. The van der Waals surface area contributed by atoms with Gasteiger partial charge in [0.1, 0.15) is 18.9 Å². The van der Waals surface area contributed by atoms with E-state index in [2.05, 4.69) is 20.6 Å². The predicted octanol–water partition coefficient (Wildman–Crippen LogP) is 3.01. The SMILES string of the molecule is O=C1NC(Nc2ccc3ncsc3c2)=N/C1=C\c1ccc2c(c1)OCCO2. The van der Waals surface area contributed by atoms with Crippen LogP contribution in [0.25, 0.3) is 16.3 Å². The minimum absolute atomic E-state index is 0.258. The number of fused-ring (bicyclic) bond motifs is 2. The number of carbonyl (C=O) groups is 1. The topological polar surface area (TPSA) is 84.8 Å². The van der Waals surface area contributed by atoms with Crippen molar-refractivity contribution in [1.29, 1.82) is 0 Å². The van der Waals surface area contributed by atoms with Gasteiger partial charge in [-0.05, 0) is 42.0 Å². The number of ether oxygens (including phenoxy) is 2. The first-order chi connectivity index (χ1) is 13.2. The van der Waals surface area contributed by atoms with Gasteiger partial charge in [0.05, 0.1) is 15.7 Å². The molecule has 1 amide bonds. The third-order valence-electron chi connectivity index (χ3n) is 4.16. The van der Waals surface area contributed by atoms with Crippen LogP contribution in [0.2, 0.25) is 0 Å². The average molecular weight is 378 g/mol. The van der Waals surface area contributed by atoms with Crippen molar-refractivity contribution in [3.63, 3.8) is 0 Å².